The van der Waals surface area contributed by atoms with Gasteiger partial charge in [0.15, 0.2) is 12.1 Å². The lowest BCUT2D eigenvalue weighted by Crippen LogP contribution is -2.05. The van der Waals surface area contributed by atoms with E-state index in [1.165, 1.54) is 6.08 Å². The Labute approximate surface area is 151 Å². The summed E-state index contributed by atoms with van der Waals surface area (Å²) < 4.78 is 0. The summed E-state index contributed by atoms with van der Waals surface area (Å²) in [5.41, 5.74) is 2.79. The zero-order chi connectivity index (χ0) is 18.4. The van der Waals surface area contributed by atoms with Gasteiger partial charge >= 0.3 is 0 Å². The predicted molar refractivity (Wildman–Crippen MR) is 105 cm³/mol. The molecule has 3 rings (SSSR count). The fraction of sp³-hybridized carbons (Fsp3) is 0.0909. The maximum atomic E-state index is 12.5. The Balaban J connectivity index is 1.82. The average molecular weight is 345 g/mol. The second-order valence-corrected chi connectivity index (χ2v) is 5.87. The van der Waals surface area contributed by atoms with Crippen molar-refractivity contribution in [2.24, 2.45) is 0 Å². The van der Waals surface area contributed by atoms with Crippen LogP contribution in [0.2, 0.25) is 0 Å². The van der Waals surface area contributed by atoms with Crippen molar-refractivity contribution >= 4 is 34.6 Å². The van der Waals surface area contributed by atoms with Gasteiger partial charge in [-0.2, -0.15) is 0 Å². The third kappa shape index (κ3) is 4.05. The van der Waals surface area contributed by atoms with Gasteiger partial charge < -0.3 is 10.4 Å². The van der Waals surface area contributed by atoms with E-state index in [2.05, 4.69) is 5.32 Å². The molecule has 0 aliphatic rings. The molecule has 2 N–H and O–H groups in total. The zero-order valence-corrected chi connectivity index (χ0v) is 14.2. The number of aliphatic hydroxyl groups is 1. The molecule has 0 amide bonds. The van der Waals surface area contributed by atoms with Gasteiger partial charge in [0.05, 0.1) is 6.61 Å². The number of rotatable bonds is 7. The number of hydrogen-bond acceptors (Lipinski definition) is 4. The normalized spacial score (nSPS) is 11.0. The van der Waals surface area contributed by atoms with E-state index in [1.807, 2.05) is 36.4 Å². The van der Waals surface area contributed by atoms with Crippen LogP contribution in [0, 0.1) is 0 Å². The zero-order valence-electron chi connectivity index (χ0n) is 14.2. The van der Waals surface area contributed by atoms with Crippen molar-refractivity contribution in [2.75, 3.05) is 18.5 Å². The van der Waals surface area contributed by atoms with Crippen molar-refractivity contribution in [1.82, 2.24) is 0 Å². The van der Waals surface area contributed by atoms with Crippen LogP contribution in [0.15, 0.2) is 66.7 Å². The van der Waals surface area contributed by atoms with E-state index in [0.29, 0.717) is 17.7 Å². The molecule has 0 saturated heterocycles. The SMILES string of the molecule is O=Cc1ccccc1C=CC(=O)c1ccc2cc(NCCO)ccc2c1. The molecule has 0 saturated carbocycles. The summed E-state index contributed by atoms with van der Waals surface area (Å²) in [4.78, 5) is 23.5. The Hall–Kier alpha value is -3.24. The van der Waals surface area contributed by atoms with Gasteiger partial charge in [-0.05, 0) is 40.6 Å². The molecule has 0 aliphatic carbocycles. The number of ketones is 1. The molecule has 0 aromatic heterocycles. The van der Waals surface area contributed by atoms with Crippen LogP contribution in [0.3, 0.4) is 0 Å². The molecule has 4 heteroatoms. The Morgan fingerprint density at radius 2 is 1.69 bits per heavy atom. The number of anilines is 1. The fourth-order valence-corrected chi connectivity index (χ4v) is 2.74. The highest BCUT2D eigenvalue weighted by Gasteiger charge is 2.05. The maximum Gasteiger partial charge on any atom is 0.185 e. The van der Waals surface area contributed by atoms with E-state index in [9.17, 15) is 9.59 Å². The van der Waals surface area contributed by atoms with Crippen LogP contribution in [-0.4, -0.2) is 30.3 Å². The van der Waals surface area contributed by atoms with Crippen LogP contribution in [0.1, 0.15) is 26.3 Å². The molecule has 0 fully saturated rings. The van der Waals surface area contributed by atoms with Gasteiger partial charge in [0, 0.05) is 23.4 Å². The molecular formula is C22H19NO3. The molecule has 26 heavy (non-hydrogen) atoms. The molecule has 0 aliphatic heterocycles. The van der Waals surface area contributed by atoms with Gasteiger partial charge in [-0.25, -0.2) is 0 Å². The summed E-state index contributed by atoms with van der Waals surface area (Å²) in [6.07, 6.45) is 3.93. The van der Waals surface area contributed by atoms with Gasteiger partial charge in [0.25, 0.3) is 0 Å². The number of allylic oxidation sites excluding steroid dienone is 1. The number of carbonyl (C=O) groups is 2. The molecule has 3 aromatic rings. The average Bonchev–Trinajstić information content (AvgIpc) is 2.70. The van der Waals surface area contributed by atoms with Crippen molar-refractivity contribution in [3.05, 3.63) is 83.4 Å². The second kappa shape index (κ2) is 8.23. The molecule has 0 spiro atoms. The summed E-state index contributed by atoms with van der Waals surface area (Å²) in [5.74, 6) is -0.116. The van der Waals surface area contributed by atoms with Crippen molar-refractivity contribution in [2.45, 2.75) is 0 Å². The van der Waals surface area contributed by atoms with Crippen molar-refractivity contribution in [3.8, 4) is 0 Å². The largest absolute Gasteiger partial charge is 0.395 e. The second-order valence-electron chi connectivity index (χ2n) is 5.87. The lowest BCUT2D eigenvalue weighted by molar-refractivity contribution is 0.104. The van der Waals surface area contributed by atoms with Gasteiger partial charge in [0.1, 0.15) is 0 Å². The van der Waals surface area contributed by atoms with Crippen LogP contribution in [0.5, 0.6) is 0 Å². The Bertz CT molecular complexity index is 976. The lowest BCUT2D eigenvalue weighted by atomic mass is 10.0. The minimum Gasteiger partial charge on any atom is -0.395 e. The summed E-state index contributed by atoms with van der Waals surface area (Å²) in [5, 5.41) is 14.0. The van der Waals surface area contributed by atoms with Crippen molar-refractivity contribution < 1.29 is 14.7 Å². The molecule has 0 unspecified atom stereocenters. The first-order valence-electron chi connectivity index (χ1n) is 8.36. The number of hydrogen-bond donors (Lipinski definition) is 2. The van der Waals surface area contributed by atoms with E-state index >= 15 is 0 Å². The number of fused-ring (bicyclic) bond motifs is 1. The molecule has 0 atom stereocenters. The van der Waals surface area contributed by atoms with Crippen LogP contribution >= 0.6 is 0 Å². The molecule has 0 bridgehead atoms. The summed E-state index contributed by atoms with van der Waals surface area (Å²) in [6, 6.07) is 18.5. The van der Waals surface area contributed by atoms with E-state index < -0.39 is 0 Å². The first-order chi connectivity index (χ1) is 12.7. The minimum atomic E-state index is -0.116. The number of aldehydes is 1. The highest BCUT2D eigenvalue weighted by atomic mass is 16.3. The highest BCUT2D eigenvalue weighted by Crippen LogP contribution is 2.21. The molecular weight excluding hydrogens is 326 g/mol. The van der Waals surface area contributed by atoms with Crippen molar-refractivity contribution in [3.63, 3.8) is 0 Å². The third-order valence-corrected chi connectivity index (χ3v) is 4.10. The van der Waals surface area contributed by atoms with Gasteiger partial charge in [-0.1, -0.05) is 48.5 Å². The van der Waals surface area contributed by atoms with Crippen LogP contribution in [-0.2, 0) is 0 Å². The monoisotopic (exact) mass is 345 g/mol. The standard InChI is InChI=1S/C22H19NO3/c24-12-11-23-21-9-7-17-13-19(6-5-18(17)14-21)22(26)10-8-16-3-1-2-4-20(16)15-25/h1-10,13-15,23-24H,11-12H2. The Morgan fingerprint density at radius 1 is 0.962 bits per heavy atom. The molecule has 3 aromatic carbocycles. The first-order valence-corrected chi connectivity index (χ1v) is 8.36. The number of nitrogens with one attached hydrogen (secondary N) is 1. The summed E-state index contributed by atoms with van der Waals surface area (Å²) in [6.45, 7) is 0.570. The molecule has 130 valence electrons. The topological polar surface area (TPSA) is 66.4 Å². The first kappa shape index (κ1) is 17.6. The van der Waals surface area contributed by atoms with Gasteiger partial charge in [-0.3, -0.25) is 9.59 Å². The van der Waals surface area contributed by atoms with E-state index in [-0.39, 0.29) is 12.4 Å². The van der Waals surface area contributed by atoms with E-state index in [0.717, 1.165) is 28.3 Å². The maximum absolute atomic E-state index is 12.5. The quantitative estimate of drug-likeness (QED) is 0.386. The summed E-state index contributed by atoms with van der Waals surface area (Å²) in [7, 11) is 0. The molecule has 0 radical (unpaired) electrons. The minimum absolute atomic E-state index is 0.0744. The lowest BCUT2D eigenvalue weighted by Gasteiger charge is -2.07. The van der Waals surface area contributed by atoms with E-state index in [1.54, 1.807) is 30.3 Å². The fourth-order valence-electron chi connectivity index (χ4n) is 2.74. The van der Waals surface area contributed by atoms with Gasteiger partial charge in [0.2, 0.25) is 0 Å². The van der Waals surface area contributed by atoms with Crippen LogP contribution < -0.4 is 5.32 Å². The summed E-state index contributed by atoms with van der Waals surface area (Å²) >= 11 is 0. The highest BCUT2D eigenvalue weighted by molar-refractivity contribution is 6.09. The van der Waals surface area contributed by atoms with E-state index in [4.69, 9.17) is 5.11 Å². The van der Waals surface area contributed by atoms with Crippen LogP contribution in [0.25, 0.3) is 16.8 Å². The van der Waals surface area contributed by atoms with Crippen molar-refractivity contribution in [1.29, 1.82) is 0 Å². The Morgan fingerprint density at radius 3 is 2.46 bits per heavy atom. The number of aliphatic hydroxyl groups excluding tert-OH is 1. The predicted octanol–water partition coefficient (Wildman–Crippen LogP) is 3.95. The van der Waals surface area contributed by atoms with Gasteiger partial charge in [-0.15, -0.1) is 0 Å². The molecule has 4 nitrogen and oxygen atoms in total. The van der Waals surface area contributed by atoms with Crippen LogP contribution in [0.4, 0.5) is 5.69 Å². The number of carbonyl (C=O) groups excluding carboxylic acids is 2. The third-order valence-electron chi connectivity index (χ3n) is 4.10. The smallest absolute Gasteiger partial charge is 0.185 e. The number of benzene rings is 3. The molecule has 0 heterocycles. The Kier molecular flexibility index (Phi) is 5.56.